The zero-order chi connectivity index (χ0) is 15.4. The van der Waals surface area contributed by atoms with Crippen LogP contribution in [0.3, 0.4) is 0 Å². The van der Waals surface area contributed by atoms with Gasteiger partial charge in [-0.25, -0.2) is 0 Å². The van der Waals surface area contributed by atoms with Gasteiger partial charge >= 0.3 is 5.97 Å². The van der Waals surface area contributed by atoms with E-state index in [1.165, 1.54) is 0 Å². The van der Waals surface area contributed by atoms with Crippen LogP contribution in [0.5, 0.6) is 5.75 Å². The minimum Gasteiger partial charge on any atom is -0.483 e. The molecular formula is C16H21NO4. The highest BCUT2D eigenvalue weighted by atomic mass is 16.5. The molecule has 0 radical (unpaired) electrons. The normalized spacial score (nSPS) is 21.0. The summed E-state index contributed by atoms with van der Waals surface area (Å²) in [5.41, 5.74) is 2.07. The van der Waals surface area contributed by atoms with Crippen LogP contribution in [-0.2, 0) is 9.59 Å². The van der Waals surface area contributed by atoms with Crippen molar-refractivity contribution in [3.63, 3.8) is 0 Å². The van der Waals surface area contributed by atoms with Crippen molar-refractivity contribution in [2.24, 2.45) is 5.92 Å². The summed E-state index contributed by atoms with van der Waals surface area (Å²) in [5, 5.41) is 11.8. The van der Waals surface area contributed by atoms with Crippen LogP contribution in [0.15, 0.2) is 18.2 Å². The number of rotatable bonds is 5. The van der Waals surface area contributed by atoms with Crippen molar-refractivity contribution in [3.8, 4) is 5.75 Å². The number of amides is 1. The second-order valence-electron chi connectivity index (χ2n) is 5.67. The fourth-order valence-corrected chi connectivity index (χ4v) is 2.61. The minimum absolute atomic E-state index is 0.0431. The van der Waals surface area contributed by atoms with E-state index >= 15 is 0 Å². The van der Waals surface area contributed by atoms with E-state index in [4.69, 9.17) is 9.84 Å². The second-order valence-corrected chi connectivity index (χ2v) is 5.67. The van der Waals surface area contributed by atoms with Gasteiger partial charge in [0.25, 0.3) is 5.91 Å². The van der Waals surface area contributed by atoms with E-state index in [-0.39, 0.29) is 24.5 Å². The largest absolute Gasteiger partial charge is 0.483 e. The number of benzene rings is 1. The molecule has 114 valence electrons. The Morgan fingerprint density at radius 1 is 1.33 bits per heavy atom. The summed E-state index contributed by atoms with van der Waals surface area (Å²) in [5.74, 6) is -0.611. The number of aliphatic carboxylic acids is 1. The molecule has 0 saturated heterocycles. The molecule has 0 unspecified atom stereocenters. The molecule has 2 rings (SSSR count). The maximum atomic E-state index is 11.9. The molecule has 0 aliphatic heterocycles. The number of carboxylic acids is 1. The van der Waals surface area contributed by atoms with Crippen LogP contribution >= 0.6 is 0 Å². The van der Waals surface area contributed by atoms with Crippen molar-refractivity contribution in [2.75, 3.05) is 6.61 Å². The highest BCUT2D eigenvalue weighted by Gasteiger charge is 2.30. The summed E-state index contributed by atoms with van der Waals surface area (Å²) in [7, 11) is 0. The summed E-state index contributed by atoms with van der Waals surface area (Å²) >= 11 is 0. The summed E-state index contributed by atoms with van der Waals surface area (Å²) in [6, 6.07) is 5.79. The summed E-state index contributed by atoms with van der Waals surface area (Å²) in [4.78, 5) is 22.7. The Hall–Kier alpha value is -2.04. The molecular weight excluding hydrogens is 270 g/mol. The number of nitrogens with one attached hydrogen (secondary N) is 1. The van der Waals surface area contributed by atoms with Gasteiger partial charge in [-0.15, -0.1) is 0 Å². The lowest BCUT2D eigenvalue weighted by Gasteiger charge is -2.14. The van der Waals surface area contributed by atoms with Gasteiger partial charge in [0.15, 0.2) is 6.61 Å². The minimum atomic E-state index is -0.779. The number of hydrogen-bond acceptors (Lipinski definition) is 3. The van der Waals surface area contributed by atoms with Crippen LogP contribution in [0, 0.1) is 19.8 Å². The first-order valence-corrected chi connectivity index (χ1v) is 7.18. The van der Waals surface area contributed by atoms with E-state index < -0.39 is 5.97 Å². The first-order valence-electron chi connectivity index (χ1n) is 7.18. The molecule has 1 aromatic carbocycles. The predicted octanol–water partition coefficient (Wildman–Crippen LogP) is 2.05. The maximum Gasteiger partial charge on any atom is 0.306 e. The summed E-state index contributed by atoms with van der Waals surface area (Å²) in [6.07, 6.45) is 1.84. The molecule has 0 heterocycles. The maximum absolute atomic E-state index is 11.9. The Morgan fingerprint density at radius 2 is 2.10 bits per heavy atom. The molecule has 2 atom stereocenters. The zero-order valence-corrected chi connectivity index (χ0v) is 12.4. The molecule has 2 N–H and O–H groups in total. The average molecular weight is 291 g/mol. The molecule has 1 aliphatic rings. The summed E-state index contributed by atoms with van der Waals surface area (Å²) < 4.78 is 5.54. The highest BCUT2D eigenvalue weighted by molar-refractivity contribution is 5.78. The van der Waals surface area contributed by atoms with Crippen LogP contribution in [0.2, 0.25) is 0 Å². The highest BCUT2D eigenvalue weighted by Crippen LogP contribution is 2.25. The van der Waals surface area contributed by atoms with Gasteiger partial charge in [-0.1, -0.05) is 12.1 Å². The van der Waals surface area contributed by atoms with Crippen molar-refractivity contribution in [1.82, 2.24) is 5.32 Å². The van der Waals surface area contributed by atoms with Crippen LogP contribution < -0.4 is 10.1 Å². The molecule has 1 aliphatic carbocycles. The van der Waals surface area contributed by atoms with Crippen molar-refractivity contribution < 1.29 is 19.4 Å². The van der Waals surface area contributed by atoms with E-state index in [1.54, 1.807) is 0 Å². The molecule has 1 amide bonds. The topological polar surface area (TPSA) is 75.6 Å². The smallest absolute Gasteiger partial charge is 0.306 e. The third-order valence-electron chi connectivity index (χ3n) is 3.85. The van der Waals surface area contributed by atoms with Crippen molar-refractivity contribution >= 4 is 11.9 Å². The molecule has 1 saturated carbocycles. The van der Waals surface area contributed by atoms with Gasteiger partial charge in [-0.05, 0) is 50.3 Å². The molecule has 0 spiro atoms. The number of aryl methyl sites for hydroxylation is 2. The lowest BCUT2D eigenvalue weighted by atomic mass is 10.1. The lowest BCUT2D eigenvalue weighted by molar-refractivity contribution is -0.141. The SMILES string of the molecule is Cc1ccc(C)c(OCC(=O)N[C@@H]2CC[C@H](C(=O)O)C2)c1. The van der Waals surface area contributed by atoms with E-state index in [9.17, 15) is 9.59 Å². The second kappa shape index (κ2) is 6.61. The van der Waals surface area contributed by atoms with E-state index in [0.717, 1.165) is 11.1 Å². The van der Waals surface area contributed by atoms with Gasteiger partial charge in [-0.3, -0.25) is 9.59 Å². The Balaban J connectivity index is 1.80. The Bertz CT molecular complexity index is 541. The molecule has 5 heteroatoms. The summed E-state index contributed by atoms with van der Waals surface area (Å²) in [6.45, 7) is 3.86. The van der Waals surface area contributed by atoms with Crippen LogP contribution in [0.25, 0.3) is 0 Å². The van der Waals surface area contributed by atoms with Crippen LogP contribution in [0.1, 0.15) is 30.4 Å². The Kier molecular flexibility index (Phi) is 4.83. The van der Waals surface area contributed by atoms with E-state index in [0.29, 0.717) is 25.0 Å². The van der Waals surface area contributed by atoms with E-state index in [2.05, 4.69) is 5.32 Å². The third-order valence-corrected chi connectivity index (χ3v) is 3.85. The first kappa shape index (κ1) is 15.4. The van der Waals surface area contributed by atoms with Crippen molar-refractivity contribution in [1.29, 1.82) is 0 Å². The van der Waals surface area contributed by atoms with Gasteiger partial charge < -0.3 is 15.2 Å². The van der Waals surface area contributed by atoms with Gasteiger partial charge in [0, 0.05) is 6.04 Å². The molecule has 1 fully saturated rings. The van der Waals surface area contributed by atoms with Gasteiger partial charge in [0.05, 0.1) is 5.92 Å². The third kappa shape index (κ3) is 4.21. The zero-order valence-electron chi connectivity index (χ0n) is 12.4. The molecule has 5 nitrogen and oxygen atoms in total. The Labute approximate surface area is 124 Å². The molecule has 21 heavy (non-hydrogen) atoms. The number of ether oxygens (including phenoxy) is 1. The predicted molar refractivity (Wildman–Crippen MR) is 78.3 cm³/mol. The average Bonchev–Trinajstić information content (AvgIpc) is 2.88. The van der Waals surface area contributed by atoms with Gasteiger partial charge in [0.2, 0.25) is 0 Å². The monoisotopic (exact) mass is 291 g/mol. The standard InChI is InChI=1S/C16H21NO4/c1-10-3-4-11(2)14(7-10)21-9-15(18)17-13-6-5-12(8-13)16(19)20/h3-4,7,12-13H,5-6,8-9H2,1-2H3,(H,17,18)(H,19,20)/t12-,13+/m0/s1. The molecule has 0 aromatic heterocycles. The number of carboxylic acid groups (broad SMARTS) is 1. The molecule has 1 aromatic rings. The van der Waals surface area contributed by atoms with E-state index in [1.807, 2.05) is 32.0 Å². The van der Waals surface area contributed by atoms with Gasteiger partial charge in [-0.2, -0.15) is 0 Å². The van der Waals surface area contributed by atoms with Crippen molar-refractivity contribution in [3.05, 3.63) is 29.3 Å². The Morgan fingerprint density at radius 3 is 2.76 bits per heavy atom. The first-order chi connectivity index (χ1) is 9.95. The number of carbonyl (C=O) groups excluding carboxylic acids is 1. The number of carbonyl (C=O) groups is 2. The van der Waals surface area contributed by atoms with Crippen LogP contribution in [0.4, 0.5) is 0 Å². The fraction of sp³-hybridized carbons (Fsp3) is 0.500. The quantitative estimate of drug-likeness (QED) is 0.870. The van der Waals surface area contributed by atoms with Crippen LogP contribution in [-0.4, -0.2) is 29.6 Å². The van der Waals surface area contributed by atoms with Gasteiger partial charge in [0.1, 0.15) is 5.75 Å². The van der Waals surface area contributed by atoms with Crippen molar-refractivity contribution in [2.45, 2.75) is 39.2 Å². The lowest BCUT2D eigenvalue weighted by Crippen LogP contribution is -2.36. The fourth-order valence-electron chi connectivity index (χ4n) is 2.61. The number of hydrogen-bond donors (Lipinski definition) is 2. The molecule has 0 bridgehead atoms.